The van der Waals surface area contributed by atoms with Gasteiger partial charge in [0.15, 0.2) is 0 Å². The van der Waals surface area contributed by atoms with E-state index in [0.717, 1.165) is 44.9 Å². The highest BCUT2D eigenvalue weighted by Crippen LogP contribution is 2.18. The summed E-state index contributed by atoms with van der Waals surface area (Å²) in [6.07, 6.45) is 6.60. The van der Waals surface area contributed by atoms with E-state index in [9.17, 15) is 14.7 Å². The highest BCUT2D eigenvalue weighted by molar-refractivity contribution is 5.76. The van der Waals surface area contributed by atoms with Crippen LogP contribution in [0.15, 0.2) is 0 Å². The van der Waals surface area contributed by atoms with Crippen LogP contribution in [0.2, 0.25) is 0 Å². The Morgan fingerprint density at radius 1 is 1.16 bits per heavy atom. The van der Waals surface area contributed by atoms with Crippen LogP contribution in [0.1, 0.15) is 58.3 Å². The molecule has 5 nitrogen and oxygen atoms in total. The molecule has 1 rings (SSSR count). The fourth-order valence-corrected chi connectivity index (χ4v) is 2.41. The molecule has 3 N–H and O–H groups in total. The van der Waals surface area contributed by atoms with Crippen molar-refractivity contribution in [3.8, 4) is 0 Å². The molecule has 0 aromatic carbocycles. The first-order valence-electron chi connectivity index (χ1n) is 7.31. The van der Waals surface area contributed by atoms with Gasteiger partial charge in [-0.1, -0.05) is 19.3 Å². The summed E-state index contributed by atoms with van der Waals surface area (Å²) in [5, 5.41) is 15.4. The molecule has 0 saturated heterocycles. The van der Waals surface area contributed by atoms with Crippen molar-refractivity contribution in [1.29, 1.82) is 0 Å². The molecule has 2 atom stereocenters. The molecule has 1 fully saturated rings. The average Bonchev–Trinajstić information content (AvgIpc) is 2.36. The third-order valence-corrected chi connectivity index (χ3v) is 3.53. The fourth-order valence-electron chi connectivity index (χ4n) is 2.41. The minimum atomic E-state index is -0.377. The maximum atomic E-state index is 11.7. The van der Waals surface area contributed by atoms with Gasteiger partial charge in [0.2, 0.25) is 11.8 Å². The largest absolute Gasteiger partial charge is 0.391 e. The van der Waals surface area contributed by atoms with E-state index in [1.807, 2.05) is 0 Å². The second-order valence-electron chi connectivity index (χ2n) is 5.32. The summed E-state index contributed by atoms with van der Waals surface area (Å²) < 4.78 is 0. The molecular weight excluding hydrogens is 244 g/mol. The summed E-state index contributed by atoms with van der Waals surface area (Å²) in [6, 6.07) is -0.0550. The zero-order valence-corrected chi connectivity index (χ0v) is 11.8. The van der Waals surface area contributed by atoms with Gasteiger partial charge in [0, 0.05) is 19.9 Å². The molecule has 5 heteroatoms. The Labute approximate surface area is 115 Å². The molecule has 0 bridgehead atoms. The number of amides is 2. The zero-order valence-electron chi connectivity index (χ0n) is 11.8. The Balaban J connectivity index is 2.02. The highest BCUT2D eigenvalue weighted by Gasteiger charge is 2.23. The van der Waals surface area contributed by atoms with E-state index in [1.54, 1.807) is 0 Å². The van der Waals surface area contributed by atoms with E-state index in [0.29, 0.717) is 13.0 Å². The molecule has 0 heterocycles. The third kappa shape index (κ3) is 7.15. The van der Waals surface area contributed by atoms with Crippen LogP contribution in [-0.2, 0) is 9.59 Å². The summed E-state index contributed by atoms with van der Waals surface area (Å²) in [7, 11) is 0. The van der Waals surface area contributed by atoms with Gasteiger partial charge in [-0.25, -0.2) is 0 Å². The van der Waals surface area contributed by atoms with Crippen LogP contribution in [0.25, 0.3) is 0 Å². The lowest BCUT2D eigenvalue weighted by atomic mass is 9.92. The molecule has 0 radical (unpaired) electrons. The number of unbranched alkanes of at least 4 members (excludes halogenated alkanes) is 2. The van der Waals surface area contributed by atoms with Crippen LogP contribution in [-0.4, -0.2) is 35.6 Å². The lowest BCUT2D eigenvalue weighted by molar-refractivity contribution is -0.123. The SMILES string of the molecule is CC(=O)NCCCCCC(=O)NC1CCCCC1O. The van der Waals surface area contributed by atoms with Crippen molar-refractivity contribution in [2.24, 2.45) is 0 Å². The molecule has 1 aliphatic rings. The number of aliphatic hydroxyl groups is 1. The summed E-state index contributed by atoms with van der Waals surface area (Å²) in [4.78, 5) is 22.3. The number of carbonyl (C=O) groups is 2. The molecular formula is C14H26N2O3. The van der Waals surface area contributed by atoms with Gasteiger partial charge in [-0.2, -0.15) is 0 Å². The molecule has 110 valence electrons. The normalized spacial score (nSPS) is 22.8. The highest BCUT2D eigenvalue weighted by atomic mass is 16.3. The topological polar surface area (TPSA) is 78.4 Å². The Morgan fingerprint density at radius 3 is 2.58 bits per heavy atom. The molecule has 1 aliphatic carbocycles. The molecule has 2 amide bonds. The Bertz CT molecular complexity index is 294. The Morgan fingerprint density at radius 2 is 1.89 bits per heavy atom. The lowest BCUT2D eigenvalue weighted by Gasteiger charge is -2.28. The van der Waals surface area contributed by atoms with Gasteiger partial charge >= 0.3 is 0 Å². The second-order valence-corrected chi connectivity index (χ2v) is 5.32. The first kappa shape index (κ1) is 16.0. The van der Waals surface area contributed by atoms with Gasteiger partial charge in [0.25, 0.3) is 0 Å². The summed E-state index contributed by atoms with van der Waals surface area (Å²) >= 11 is 0. The first-order chi connectivity index (χ1) is 9.09. The average molecular weight is 270 g/mol. The van der Waals surface area contributed by atoms with Crippen LogP contribution in [0.4, 0.5) is 0 Å². The van der Waals surface area contributed by atoms with E-state index >= 15 is 0 Å². The Hall–Kier alpha value is -1.10. The van der Waals surface area contributed by atoms with Crippen LogP contribution in [0, 0.1) is 0 Å². The molecule has 0 spiro atoms. The number of hydrogen-bond donors (Lipinski definition) is 3. The third-order valence-electron chi connectivity index (χ3n) is 3.53. The molecule has 19 heavy (non-hydrogen) atoms. The van der Waals surface area contributed by atoms with Gasteiger partial charge in [0.1, 0.15) is 0 Å². The molecule has 0 aromatic heterocycles. The lowest BCUT2D eigenvalue weighted by Crippen LogP contribution is -2.44. The quantitative estimate of drug-likeness (QED) is 0.606. The van der Waals surface area contributed by atoms with Crippen molar-refractivity contribution < 1.29 is 14.7 Å². The number of carbonyl (C=O) groups excluding carboxylic acids is 2. The smallest absolute Gasteiger partial charge is 0.220 e. The standard InChI is InChI=1S/C14H26N2O3/c1-11(17)15-10-6-2-3-9-14(19)16-12-7-4-5-8-13(12)18/h12-13,18H,2-10H2,1H3,(H,15,17)(H,16,19). The van der Waals surface area contributed by atoms with Crippen molar-refractivity contribution in [1.82, 2.24) is 10.6 Å². The molecule has 1 saturated carbocycles. The maximum Gasteiger partial charge on any atom is 0.220 e. The first-order valence-corrected chi connectivity index (χ1v) is 7.31. The van der Waals surface area contributed by atoms with Gasteiger partial charge in [-0.05, 0) is 25.7 Å². The number of nitrogens with one attached hydrogen (secondary N) is 2. The van der Waals surface area contributed by atoms with E-state index in [1.165, 1.54) is 6.92 Å². The van der Waals surface area contributed by atoms with Gasteiger partial charge in [-0.3, -0.25) is 9.59 Å². The minimum Gasteiger partial charge on any atom is -0.391 e. The van der Waals surface area contributed by atoms with Crippen molar-refractivity contribution in [3.05, 3.63) is 0 Å². The van der Waals surface area contributed by atoms with Gasteiger partial charge in [-0.15, -0.1) is 0 Å². The van der Waals surface area contributed by atoms with E-state index in [4.69, 9.17) is 0 Å². The Kier molecular flexibility index (Phi) is 7.48. The van der Waals surface area contributed by atoms with Crippen molar-refractivity contribution in [3.63, 3.8) is 0 Å². The van der Waals surface area contributed by atoms with E-state index < -0.39 is 0 Å². The second kappa shape index (κ2) is 8.91. The number of rotatable bonds is 7. The van der Waals surface area contributed by atoms with E-state index in [2.05, 4.69) is 10.6 Å². The van der Waals surface area contributed by atoms with Gasteiger partial charge in [0.05, 0.1) is 12.1 Å². The van der Waals surface area contributed by atoms with Crippen LogP contribution in [0.5, 0.6) is 0 Å². The monoisotopic (exact) mass is 270 g/mol. The predicted molar refractivity (Wildman–Crippen MR) is 73.6 cm³/mol. The van der Waals surface area contributed by atoms with Crippen molar-refractivity contribution in [2.75, 3.05) is 6.54 Å². The van der Waals surface area contributed by atoms with Crippen LogP contribution in [0.3, 0.4) is 0 Å². The molecule has 0 aromatic rings. The number of aliphatic hydroxyl groups excluding tert-OH is 1. The predicted octanol–water partition coefficient (Wildman–Crippen LogP) is 1.10. The van der Waals surface area contributed by atoms with Gasteiger partial charge < -0.3 is 15.7 Å². The van der Waals surface area contributed by atoms with Crippen LogP contribution >= 0.6 is 0 Å². The van der Waals surface area contributed by atoms with Crippen molar-refractivity contribution in [2.45, 2.75) is 70.4 Å². The van der Waals surface area contributed by atoms with Crippen molar-refractivity contribution >= 4 is 11.8 Å². The van der Waals surface area contributed by atoms with E-state index in [-0.39, 0.29) is 24.0 Å². The summed E-state index contributed by atoms with van der Waals surface area (Å²) in [6.45, 7) is 2.18. The summed E-state index contributed by atoms with van der Waals surface area (Å²) in [5.41, 5.74) is 0. The molecule has 0 aliphatic heterocycles. The minimum absolute atomic E-state index is 0.0102. The maximum absolute atomic E-state index is 11.7. The summed E-state index contributed by atoms with van der Waals surface area (Å²) in [5.74, 6) is 0.0227. The van der Waals surface area contributed by atoms with Crippen LogP contribution < -0.4 is 10.6 Å². The fraction of sp³-hybridized carbons (Fsp3) is 0.857. The number of hydrogen-bond acceptors (Lipinski definition) is 3. The molecule has 2 unspecified atom stereocenters. The zero-order chi connectivity index (χ0) is 14.1.